The van der Waals surface area contributed by atoms with E-state index in [0.717, 1.165) is 60.4 Å². The topological polar surface area (TPSA) is 38.3 Å². The van der Waals surface area contributed by atoms with Gasteiger partial charge in [0.25, 0.3) is 0 Å². The summed E-state index contributed by atoms with van der Waals surface area (Å²) < 4.78 is 5.42. The van der Waals surface area contributed by atoms with Crippen LogP contribution in [0.25, 0.3) is 5.70 Å². The molecule has 0 atom stereocenters. The van der Waals surface area contributed by atoms with Crippen LogP contribution in [-0.2, 0) is 11.2 Å². The third-order valence-corrected chi connectivity index (χ3v) is 7.54. The van der Waals surface area contributed by atoms with Crippen LogP contribution < -0.4 is 10.1 Å². The molecule has 4 saturated carbocycles. The molecule has 4 aliphatic carbocycles. The average Bonchev–Trinajstić information content (AvgIpc) is 2.59. The van der Waals surface area contributed by atoms with Crippen LogP contribution in [0.15, 0.2) is 24.3 Å². The van der Waals surface area contributed by atoms with Gasteiger partial charge < -0.3 is 10.1 Å². The predicted octanol–water partition coefficient (Wildman–Crippen LogP) is 4.75. The maximum Gasteiger partial charge on any atom is 0.163 e. The van der Waals surface area contributed by atoms with Gasteiger partial charge in [0.05, 0.1) is 7.11 Å². The summed E-state index contributed by atoms with van der Waals surface area (Å²) in [6.07, 6.45) is 10.4. The lowest BCUT2D eigenvalue weighted by Crippen LogP contribution is -2.50. The van der Waals surface area contributed by atoms with Crippen LogP contribution >= 0.6 is 0 Å². The van der Waals surface area contributed by atoms with Gasteiger partial charge in [-0.05, 0) is 100 Å². The third-order valence-electron chi connectivity index (χ3n) is 7.54. The fourth-order valence-electron chi connectivity index (χ4n) is 6.87. The summed E-state index contributed by atoms with van der Waals surface area (Å²) in [7, 11) is 1.71. The number of ether oxygens (including phenoxy) is 1. The largest absolute Gasteiger partial charge is 0.497 e. The number of carbonyl (C=O) groups is 1. The van der Waals surface area contributed by atoms with Crippen molar-refractivity contribution in [2.45, 2.75) is 64.3 Å². The summed E-state index contributed by atoms with van der Waals surface area (Å²) in [6.45, 7) is 4.41. The predicted molar refractivity (Wildman–Crippen MR) is 108 cm³/mol. The van der Waals surface area contributed by atoms with Crippen molar-refractivity contribution in [3.05, 3.63) is 35.4 Å². The number of fused-ring (bicyclic) bond motifs is 1. The third kappa shape index (κ3) is 2.90. The normalized spacial score (nSPS) is 37.0. The fourth-order valence-corrected chi connectivity index (χ4v) is 6.87. The Hall–Kier alpha value is -1.77. The number of ketones is 1. The van der Waals surface area contributed by atoms with Crippen molar-refractivity contribution in [3.8, 4) is 5.75 Å². The van der Waals surface area contributed by atoms with Gasteiger partial charge in [0.15, 0.2) is 5.78 Å². The molecule has 4 bridgehead atoms. The van der Waals surface area contributed by atoms with E-state index >= 15 is 0 Å². The molecule has 6 rings (SSSR count). The van der Waals surface area contributed by atoms with E-state index < -0.39 is 0 Å². The first-order valence-corrected chi connectivity index (χ1v) is 10.6. The maximum absolute atomic E-state index is 13.6. The van der Waals surface area contributed by atoms with Crippen LogP contribution in [0.1, 0.15) is 63.5 Å². The van der Waals surface area contributed by atoms with Crippen molar-refractivity contribution >= 4 is 11.5 Å². The van der Waals surface area contributed by atoms with Crippen LogP contribution in [0.3, 0.4) is 0 Å². The van der Waals surface area contributed by atoms with E-state index in [0.29, 0.717) is 5.78 Å². The zero-order chi connectivity index (χ0) is 18.8. The van der Waals surface area contributed by atoms with Crippen LogP contribution in [0.4, 0.5) is 0 Å². The molecule has 0 spiro atoms. The Labute approximate surface area is 162 Å². The summed E-state index contributed by atoms with van der Waals surface area (Å²) in [5.41, 5.74) is 3.30. The fraction of sp³-hybridized carbons (Fsp3) is 0.625. The average molecular weight is 366 g/mol. The van der Waals surface area contributed by atoms with Gasteiger partial charge in [0, 0.05) is 28.3 Å². The van der Waals surface area contributed by atoms with E-state index in [1.54, 1.807) is 7.11 Å². The molecule has 0 radical (unpaired) electrons. The van der Waals surface area contributed by atoms with Crippen molar-refractivity contribution in [2.24, 2.45) is 23.2 Å². The van der Waals surface area contributed by atoms with Gasteiger partial charge in [-0.25, -0.2) is 0 Å². The van der Waals surface area contributed by atoms with Crippen LogP contribution in [0, 0.1) is 23.2 Å². The zero-order valence-electron chi connectivity index (χ0n) is 16.8. The van der Waals surface area contributed by atoms with Crippen molar-refractivity contribution in [1.29, 1.82) is 0 Å². The summed E-state index contributed by atoms with van der Waals surface area (Å²) in [6, 6.07) is 6.23. The summed E-state index contributed by atoms with van der Waals surface area (Å²) in [5, 5.41) is 3.65. The minimum atomic E-state index is -0.0718. The van der Waals surface area contributed by atoms with E-state index in [1.165, 1.54) is 24.8 Å². The standard InChI is InChI=1S/C24H31NO2/c1-23(2)14-18-9-19(27-3)4-5-20(18)21(25-23)10-22(26)24-11-15-6-16(12-24)8-17(7-15)13-24/h4-5,9-10,15-17,25H,6-8,11-14H2,1-3H3. The van der Waals surface area contributed by atoms with Gasteiger partial charge in [-0.3, -0.25) is 4.79 Å². The van der Waals surface area contributed by atoms with Gasteiger partial charge in [-0.2, -0.15) is 0 Å². The Morgan fingerprint density at radius 3 is 2.33 bits per heavy atom. The molecular formula is C24H31NO2. The highest BCUT2D eigenvalue weighted by atomic mass is 16.5. The smallest absolute Gasteiger partial charge is 0.163 e. The summed E-state index contributed by atoms with van der Waals surface area (Å²) in [4.78, 5) is 13.6. The number of nitrogens with one attached hydrogen (secondary N) is 1. The number of allylic oxidation sites excluding steroid dienone is 1. The molecule has 3 nitrogen and oxygen atoms in total. The highest BCUT2D eigenvalue weighted by Crippen LogP contribution is 2.60. The first-order valence-electron chi connectivity index (χ1n) is 10.6. The van der Waals surface area contributed by atoms with E-state index in [9.17, 15) is 4.79 Å². The van der Waals surface area contributed by atoms with Crippen LogP contribution in [-0.4, -0.2) is 18.4 Å². The maximum atomic E-state index is 13.6. The zero-order valence-corrected chi connectivity index (χ0v) is 16.8. The molecule has 0 saturated heterocycles. The Balaban J connectivity index is 1.51. The molecule has 1 aliphatic heterocycles. The molecule has 1 heterocycles. The van der Waals surface area contributed by atoms with Gasteiger partial charge in [0.1, 0.15) is 5.75 Å². The second kappa shape index (κ2) is 5.86. The Morgan fingerprint density at radius 1 is 1.11 bits per heavy atom. The van der Waals surface area contributed by atoms with Crippen LogP contribution in [0.5, 0.6) is 5.75 Å². The monoisotopic (exact) mass is 365 g/mol. The molecule has 5 aliphatic rings. The number of rotatable bonds is 3. The number of hydrogen-bond donors (Lipinski definition) is 1. The molecular weight excluding hydrogens is 334 g/mol. The number of benzene rings is 1. The lowest BCUT2D eigenvalue weighted by atomic mass is 9.48. The van der Waals surface area contributed by atoms with Gasteiger partial charge >= 0.3 is 0 Å². The minimum absolute atomic E-state index is 0.0626. The van der Waals surface area contributed by atoms with Crippen molar-refractivity contribution in [3.63, 3.8) is 0 Å². The lowest BCUT2D eigenvalue weighted by molar-refractivity contribution is -0.138. The van der Waals surface area contributed by atoms with E-state index in [1.807, 2.05) is 12.1 Å². The molecule has 144 valence electrons. The Morgan fingerprint density at radius 2 is 1.74 bits per heavy atom. The summed E-state index contributed by atoms with van der Waals surface area (Å²) in [5.74, 6) is 3.66. The molecule has 0 unspecified atom stereocenters. The van der Waals surface area contributed by atoms with Gasteiger partial charge in [-0.1, -0.05) is 0 Å². The highest BCUT2D eigenvalue weighted by Gasteiger charge is 2.54. The lowest BCUT2D eigenvalue weighted by Gasteiger charge is -2.55. The molecule has 4 fully saturated rings. The number of hydrogen-bond acceptors (Lipinski definition) is 3. The van der Waals surface area contributed by atoms with Crippen molar-refractivity contribution < 1.29 is 9.53 Å². The van der Waals surface area contributed by atoms with E-state index in [2.05, 4.69) is 31.3 Å². The quantitative estimate of drug-likeness (QED) is 0.786. The van der Waals surface area contributed by atoms with Crippen molar-refractivity contribution in [2.75, 3.05) is 7.11 Å². The molecule has 1 aromatic rings. The highest BCUT2D eigenvalue weighted by molar-refractivity contribution is 6.01. The van der Waals surface area contributed by atoms with Crippen molar-refractivity contribution in [1.82, 2.24) is 5.32 Å². The Bertz CT molecular complexity index is 784. The molecule has 0 amide bonds. The SMILES string of the molecule is COc1ccc2c(c1)CC(C)(C)NC2=CC(=O)C12CC3CC(CC(C3)C1)C2. The second-order valence-corrected chi connectivity index (χ2v) is 10.3. The first kappa shape index (κ1) is 17.3. The number of carbonyl (C=O) groups excluding carboxylic acids is 1. The molecule has 0 aromatic heterocycles. The Kier molecular flexibility index (Phi) is 3.76. The van der Waals surface area contributed by atoms with Gasteiger partial charge in [-0.15, -0.1) is 0 Å². The van der Waals surface area contributed by atoms with Crippen LogP contribution in [0.2, 0.25) is 0 Å². The molecule has 27 heavy (non-hydrogen) atoms. The minimum Gasteiger partial charge on any atom is -0.497 e. The summed E-state index contributed by atoms with van der Waals surface area (Å²) >= 11 is 0. The van der Waals surface area contributed by atoms with E-state index in [4.69, 9.17) is 4.74 Å². The van der Waals surface area contributed by atoms with E-state index in [-0.39, 0.29) is 11.0 Å². The number of methoxy groups -OCH3 is 1. The molecule has 3 heteroatoms. The molecule has 1 aromatic carbocycles. The first-order chi connectivity index (χ1) is 12.9. The van der Waals surface area contributed by atoms with Gasteiger partial charge in [0.2, 0.25) is 0 Å². The second-order valence-electron chi connectivity index (χ2n) is 10.3. The molecule has 1 N–H and O–H groups in total.